The van der Waals surface area contributed by atoms with Gasteiger partial charge in [-0.3, -0.25) is 0 Å². The third-order valence-electron chi connectivity index (χ3n) is 3.15. The van der Waals surface area contributed by atoms with Gasteiger partial charge in [-0.05, 0) is 31.0 Å². The number of hydrogen-bond acceptors (Lipinski definition) is 3. The predicted molar refractivity (Wildman–Crippen MR) is 64.5 cm³/mol. The van der Waals surface area contributed by atoms with Gasteiger partial charge >= 0.3 is 6.18 Å². The van der Waals surface area contributed by atoms with Crippen LogP contribution in [-0.2, 0) is 6.18 Å². The van der Waals surface area contributed by atoms with E-state index in [0.29, 0.717) is 25.3 Å². The molecule has 0 radical (unpaired) electrons. The Labute approximate surface area is 109 Å². The van der Waals surface area contributed by atoms with Crippen molar-refractivity contribution in [1.29, 1.82) is 0 Å². The molecule has 0 amide bonds. The molecule has 1 aliphatic heterocycles. The first-order valence-electron chi connectivity index (χ1n) is 6.15. The molecule has 3 nitrogen and oxygen atoms in total. The zero-order valence-corrected chi connectivity index (χ0v) is 10.6. The van der Waals surface area contributed by atoms with Crippen molar-refractivity contribution in [2.45, 2.75) is 25.4 Å². The molecule has 0 saturated heterocycles. The molecule has 1 atom stereocenters. The fourth-order valence-electron chi connectivity index (χ4n) is 2.27. The van der Waals surface area contributed by atoms with E-state index in [9.17, 15) is 13.2 Å². The van der Waals surface area contributed by atoms with Gasteiger partial charge in [-0.2, -0.15) is 13.2 Å². The van der Waals surface area contributed by atoms with Crippen molar-refractivity contribution >= 4 is 0 Å². The molecule has 0 aliphatic carbocycles. The van der Waals surface area contributed by atoms with Crippen LogP contribution in [0.2, 0.25) is 0 Å². The highest BCUT2D eigenvalue weighted by Gasteiger charge is 2.37. The van der Waals surface area contributed by atoms with E-state index in [1.165, 1.54) is 6.07 Å². The Kier molecular flexibility index (Phi) is 3.89. The molecule has 6 heteroatoms. The molecule has 2 rings (SSSR count). The zero-order chi connectivity index (χ0) is 14.0. The monoisotopic (exact) mass is 275 g/mol. The number of alkyl halides is 3. The summed E-state index contributed by atoms with van der Waals surface area (Å²) in [5.41, 5.74) is 4.93. The van der Waals surface area contributed by atoms with Crippen molar-refractivity contribution in [3.05, 3.63) is 23.3 Å². The number of halogens is 3. The minimum absolute atomic E-state index is 0.148. The van der Waals surface area contributed by atoms with Gasteiger partial charge in [0.15, 0.2) is 11.5 Å². The van der Waals surface area contributed by atoms with Crippen LogP contribution >= 0.6 is 0 Å². The first kappa shape index (κ1) is 14.0. The van der Waals surface area contributed by atoms with E-state index >= 15 is 0 Å². The molecular formula is C13H16F3NO2. The second-order valence-electron chi connectivity index (χ2n) is 4.53. The van der Waals surface area contributed by atoms with Gasteiger partial charge in [0.1, 0.15) is 13.2 Å². The molecule has 1 unspecified atom stereocenters. The summed E-state index contributed by atoms with van der Waals surface area (Å²) in [4.78, 5) is 0. The van der Waals surface area contributed by atoms with Gasteiger partial charge in [0.2, 0.25) is 0 Å². The Morgan fingerprint density at radius 1 is 1.26 bits per heavy atom. The van der Waals surface area contributed by atoms with E-state index in [1.54, 1.807) is 6.92 Å². The first-order chi connectivity index (χ1) is 8.95. The van der Waals surface area contributed by atoms with Crippen LogP contribution in [0.4, 0.5) is 13.2 Å². The molecule has 0 fully saturated rings. The van der Waals surface area contributed by atoms with Crippen LogP contribution in [-0.4, -0.2) is 19.8 Å². The highest BCUT2D eigenvalue weighted by molar-refractivity contribution is 5.54. The van der Waals surface area contributed by atoms with Gasteiger partial charge < -0.3 is 15.2 Å². The Morgan fingerprint density at radius 2 is 1.95 bits per heavy atom. The highest BCUT2D eigenvalue weighted by atomic mass is 19.4. The van der Waals surface area contributed by atoms with Gasteiger partial charge in [-0.1, -0.05) is 6.92 Å². The van der Waals surface area contributed by atoms with Crippen LogP contribution in [0, 0.1) is 0 Å². The van der Waals surface area contributed by atoms with E-state index < -0.39 is 11.7 Å². The van der Waals surface area contributed by atoms with Gasteiger partial charge in [0.25, 0.3) is 0 Å². The summed E-state index contributed by atoms with van der Waals surface area (Å²) in [6, 6.07) is 2.37. The van der Waals surface area contributed by atoms with Crippen LogP contribution in [0.5, 0.6) is 11.5 Å². The SMILES string of the molecule is CC(CCN)c1c(C(F)(F)F)ccc2c1OCCO2. The minimum atomic E-state index is -4.41. The molecule has 0 bridgehead atoms. The van der Waals surface area contributed by atoms with Crippen molar-refractivity contribution in [3.63, 3.8) is 0 Å². The zero-order valence-electron chi connectivity index (χ0n) is 10.6. The maximum absolute atomic E-state index is 13.1. The number of nitrogens with two attached hydrogens (primary N) is 1. The Bertz CT molecular complexity index is 460. The third-order valence-corrected chi connectivity index (χ3v) is 3.15. The molecule has 0 saturated carbocycles. The van der Waals surface area contributed by atoms with Crippen molar-refractivity contribution in [1.82, 2.24) is 0 Å². The molecule has 0 aromatic heterocycles. The molecule has 1 aromatic carbocycles. The second-order valence-corrected chi connectivity index (χ2v) is 4.53. The largest absolute Gasteiger partial charge is 0.486 e. The summed E-state index contributed by atoms with van der Waals surface area (Å²) >= 11 is 0. The molecule has 19 heavy (non-hydrogen) atoms. The number of benzene rings is 1. The summed E-state index contributed by atoms with van der Waals surface area (Å²) in [6.07, 6.45) is -3.95. The van der Waals surface area contributed by atoms with Crippen molar-refractivity contribution < 1.29 is 22.6 Å². The van der Waals surface area contributed by atoms with Crippen molar-refractivity contribution in [2.24, 2.45) is 5.73 Å². The lowest BCUT2D eigenvalue weighted by atomic mass is 9.91. The van der Waals surface area contributed by atoms with E-state index in [2.05, 4.69) is 0 Å². The standard InChI is InChI=1S/C13H16F3NO2/c1-8(4-5-17)11-9(13(14,15)16)2-3-10-12(11)19-7-6-18-10/h2-3,8H,4-7,17H2,1H3. The molecule has 2 N–H and O–H groups in total. The van der Waals surface area contributed by atoms with Gasteiger partial charge in [-0.25, -0.2) is 0 Å². The lowest BCUT2D eigenvalue weighted by Gasteiger charge is -2.26. The van der Waals surface area contributed by atoms with Crippen LogP contribution in [0.1, 0.15) is 30.4 Å². The summed E-state index contributed by atoms with van der Waals surface area (Å²) in [5, 5.41) is 0. The van der Waals surface area contributed by atoms with E-state index in [4.69, 9.17) is 15.2 Å². The first-order valence-corrected chi connectivity index (χ1v) is 6.15. The number of fused-ring (bicyclic) bond motifs is 1. The van der Waals surface area contributed by atoms with Gasteiger partial charge in [0.05, 0.1) is 5.56 Å². The average Bonchev–Trinajstić information content (AvgIpc) is 2.36. The van der Waals surface area contributed by atoms with Crippen LogP contribution < -0.4 is 15.2 Å². The molecule has 0 spiro atoms. The minimum Gasteiger partial charge on any atom is -0.486 e. The smallest absolute Gasteiger partial charge is 0.416 e. The maximum Gasteiger partial charge on any atom is 0.416 e. The topological polar surface area (TPSA) is 44.5 Å². The van der Waals surface area contributed by atoms with E-state index in [1.807, 2.05) is 0 Å². The third kappa shape index (κ3) is 2.78. The summed E-state index contributed by atoms with van der Waals surface area (Å²) in [5.74, 6) is 0.249. The van der Waals surface area contributed by atoms with Crippen LogP contribution in [0.25, 0.3) is 0 Å². The van der Waals surface area contributed by atoms with Gasteiger partial charge in [-0.15, -0.1) is 0 Å². The Balaban J connectivity index is 2.55. The normalized spacial score (nSPS) is 16.3. The predicted octanol–water partition coefficient (Wildman–Crippen LogP) is 2.93. The summed E-state index contributed by atoms with van der Waals surface area (Å²) in [6.45, 7) is 2.65. The molecular weight excluding hydrogens is 259 g/mol. The van der Waals surface area contributed by atoms with E-state index in [0.717, 1.165) is 6.07 Å². The maximum atomic E-state index is 13.1. The van der Waals surface area contributed by atoms with Crippen LogP contribution in [0.15, 0.2) is 12.1 Å². The Hall–Kier alpha value is -1.43. The fraction of sp³-hybridized carbons (Fsp3) is 0.538. The molecule has 1 aliphatic rings. The Morgan fingerprint density at radius 3 is 2.58 bits per heavy atom. The van der Waals surface area contributed by atoms with Crippen molar-refractivity contribution in [2.75, 3.05) is 19.8 Å². The fourth-order valence-corrected chi connectivity index (χ4v) is 2.27. The van der Waals surface area contributed by atoms with Gasteiger partial charge in [0, 0.05) is 5.56 Å². The number of rotatable bonds is 3. The summed E-state index contributed by atoms with van der Waals surface area (Å²) in [7, 11) is 0. The lowest BCUT2D eigenvalue weighted by Crippen LogP contribution is -2.21. The molecule has 1 aromatic rings. The quantitative estimate of drug-likeness (QED) is 0.922. The molecule has 106 valence electrons. The second kappa shape index (κ2) is 5.28. The van der Waals surface area contributed by atoms with Crippen LogP contribution in [0.3, 0.4) is 0 Å². The number of ether oxygens (including phenoxy) is 2. The summed E-state index contributed by atoms with van der Waals surface area (Å²) < 4.78 is 50.0. The highest BCUT2D eigenvalue weighted by Crippen LogP contribution is 2.46. The lowest BCUT2D eigenvalue weighted by molar-refractivity contribution is -0.138. The average molecular weight is 275 g/mol. The van der Waals surface area contributed by atoms with E-state index in [-0.39, 0.29) is 23.8 Å². The number of hydrogen-bond donors (Lipinski definition) is 1. The van der Waals surface area contributed by atoms with Crippen molar-refractivity contribution in [3.8, 4) is 11.5 Å². The molecule has 1 heterocycles.